The number of benzene rings is 2. The Morgan fingerprint density at radius 1 is 1.12 bits per heavy atom. The predicted molar refractivity (Wildman–Crippen MR) is 124 cm³/mol. The number of aryl methyl sites for hydroxylation is 1. The molecule has 0 aliphatic carbocycles. The Labute approximate surface area is 191 Å². The van der Waals surface area contributed by atoms with Crippen LogP contribution in [0, 0.1) is 6.92 Å². The summed E-state index contributed by atoms with van der Waals surface area (Å²) in [6.07, 6.45) is 1.70. The van der Waals surface area contributed by atoms with Crippen molar-refractivity contribution in [3.05, 3.63) is 72.1 Å². The number of amides is 1. The van der Waals surface area contributed by atoms with Crippen molar-refractivity contribution in [2.24, 2.45) is 0 Å². The topological polar surface area (TPSA) is 98.1 Å². The van der Waals surface area contributed by atoms with Crippen molar-refractivity contribution in [1.29, 1.82) is 0 Å². The monoisotopic (exact) mass is 443 g/mol. The van der Waals surface area contributed by atoms with Crippen LogP contribution in [0.5, 0.6) is 0 Å². The standard InChI is InChI=1S/C24H25N7O2/c1-17-7-5-6-8-18(17)13-21(32)30-11-12-33-20(14-30)15-31-24-22(28-29-31)23(25-16-26-24)27-19-9-3-2-4-10-19/h2-10,16,20H,11-15H2,1H3,(H,25,26,27)/t20-/m1/s1. The van der Waals surface area contributed by atoms with Gasteiger partial charge in [0.15, 0.2) is 17.0 Å². The maximum Gasteiger partial charge on any atom is 0.227 e. The summed E-state index contributed by atoms with van der Waals surface area (Å²) < 4.78 is 7.65. The van der Waals surface area contributed by atoms with Gasteiger partial charge in [0.05, 0.1) is 25.7 Å². The first-order valence-corrected chi connectivity index (χ1v) is 11.0. The molecule has 0 saturated carbocycles. The van der Waals surface area contributed by atoms with Crippen LogP contribution in [-0.2, 0) is 22.5 Å². The third-order valence-corrected chi connectivity index (χ3v) is 5.81. The highest BCUT2D eigenvalue weighted by atomic mass is 16.5. The summed E-state index contributed by atoms with van der Waals surface area (Å²) in [5, 5.41) is 11.8. The minimum absolute atomic E-state index is 0.109. The van der Waals surface area contributed by atoms with Crippen LogP contribution in [0.4, 0.5) is 11.5 Å². The van der Waals surface area contributed by atoms with E-state index in [1.54, 1.807) is 4.68 Å². The number of morpholine rings is 1. The van der Waals surface area contributed by atoms with Crippen LogP contribution in [0.1, 0.15) is 11.1 Å². The van der Waals surface area contributed by atoms with Crippen LogP contribution >= 0.6 is 0 Å². The number of carbonyl (C=O) groups is 1. The normalized spacial score (nSPS) is 16.2. The number of hydrogen-bond acceptors (Lipinski definition) is 7. The number of aromatic nitrogens is 5. The summed E-state index contributed by atoms with van der Waals surface area (Å²) in [7, 11) is 0. The predicted octanol–water partition coefficient (Wildman–Crippen LogP) is 2.74. The Morgan fingerprint density at radius 3 is 2.79 bits per heavy atom. The molecular formula is C24H25N7O2. The summed E-state index contributed by atoms with van der Waals surface area (Å²) >= 11 is 0. The second-order valence-corrected chi connectivity index (χ2v) is 8.09. The minimum atomic E-state index is -0.190. The van der Waals surface area contributed by atoms with Crippen LogP contribution in [0.15, 0.2) is 60.9 Å². The van der Waals surface area contributed by atoms with Gasteiger partial charge in [-0.25, -0.2) is 14.6 Å². The van der Waals surface area contributed by atoms with Gasteiger partial charge in [0.2, 0.25) is 5.91 Å². The molecule has 1 atom stereocenters. The maximum atomic E-state index is 12.9. The number of ether oxygens (including phenoxy) is 1. The highest BCUT2D eigenvalue weighted by molar-refractivity contribution is 5.84. The molecule has 5 rings (SSSR count). The van der Waals surface area contributed by atoms with E-state index in [9.17, 15) is 4.79 Å². The molecule has 0 spiro atoms. The van der Waals surface area contributed by atoms with Gasteiger partial charge in [0.25, 0.3) is 0 Å². The van der Waals surface area contributed by atoms with E-state index in [1.807, 2.05) is 66.4 Å². The van der Waals surface area contributed by atoms with Gasteiger partial charge >= 0.3 is 0 Å². The first-order valence-electron chi connectivity index (χ1n) is 11.0. The molecule has 33 heavy (non-hydrogen) atoms. The molecule has 1 amide bonds. The molecule has 4 aromatic rings. The van der Waals surface area contributed by atoms with Crippen molar-refractivity contribution in [2.75, 3.05) is 25.0 Å². The van der Waals surface area contributed by atoms with Gasteiger partial charge in [0, 0.05) is 18.8 Å². The van der Waals surface area contributed by atoms with E-state index < -0.39 is 0 Å². The minimum Gasteiger partial charge on any atom is -0.373 e. The Hall–Kier alpha value is -3.85. The molecule has 2 aromatic heterocycles. The fraction of sp³-hybridized carbons (Fsp3) is 0.292. The maximum absolute atomic E-state index is 12.9. The lowest BCUT2D eigenvalue weighted by atomic mass is 10.1. The number of para-hydroxylation sites is 1. The first-order chi connectivity index (χ1) is 16.2. The van der Waals surface area contributed by atoms with E-state index >= 15 is 0 Å². The van der Waals surface area contributed by atoms with E-state index in [0.29, 0.717) is 49.6 Å². The fourth-order valence-electron chi connectivity index (χ4n) is 4.00. The molecule has 0 unspecified atom stereocenters. The van der Waals surface area contributed by atoms with E-state index in [0.717, 1.165) is 16.8 Å². The highest BCUT2D eigenvalue weighted by Crippen LogP contribution is 2.21. The number of hydrogen-bond donors (Lipinski definition) is 1. The largest absolute Gasteiger partial charge is 0.373 e. The molecule has 9 heteroatoms. The summed E-state index contributed by atoms with van der Waals surface area (Å²) in [6, 6.07) is 17.8. The zero-order valence-corrected chi connectivity index (χ0v) is 18.4. The van der Waals surface area contributed by atoms with Gasteiger partial charge in [-0.15, -0.1) is 5.10 Å². The number of rotatable bonds is 6. The molecule has 1 aliphatic rings. The molecule has 168 valence electrons. The Morgan fingerprint density at radius 2 is 1.94 bits per heavy atom. The van der Waals surface area contributed by atoms with E-state index in [4.69, 9.17) is 4.74 Å². The molecule has 1 fully saturated rings. The average Bonchev–Trinajstić information content (AvgIpc) is 3.25. The van der Waals surface area contributed by atoms with Crippen molar-refractivity contribution in [1.82, 2.24) is 29.9 Å². The average molecular weight is 444 g/mol. The molecule has 9 nitrogen and oxygen atoms in total. The van der Waals surface area contributed by atoms with Crippen molar-refractivity contribution in [2.45, 2.75) is 26.0 Å². The molecule has 2 aromatic carbocycles. The quantitative estimate of drug-likeness (QED) is 0.489. The zero-order chi connectivity index (χ0) is 22.6. The number of fused-ring (bicyclic) bond motifs is 1. The lowest BCUT2D eigenvalue weighted by Gasteiger charge is -2.33. The second-order valence-electron chi connectivity index (χ2n) is 8.09. The van der Waals surface area contributed by atoms with Gasteiger partial charge < -0.3 is 15.0 Å². The highest BCUT2D eigenvalue weighted by Gasteiger charge is 2.26. The van der Waals surface area contributed by atoms with E-state index in [1.165, 1.54) is 6.33 Å². The molecular weight excluding hydrogens is 418 g/mol. The molecule has 0 bridgehead atoms. The molecule has 1 aliphatic heterocycles. The molecule has 3 heterocycles. The first kappa shape index (κ1) is 21.0. The van der Waals surface area contributed by atoms with Crippen LogP contribution in [-0.4, -0.2) is 61.6 Å². The fourth-order valence-corrected chi connectivity index (χ4v) is 4.00. The second kappa shape index (κ2) is 9.33. The third-order valence-electron chi connectivity index (χ3n) is 5.81. The Balaban J connectivity index is 1.28. The van der Waals surface area contributed by atoms with Crippen LogP contribution in [0.25, 0.3) is 11.2 Å². The van der Waals surface area contributed by atoms with Gasteiger partial charge in [-0.05, 0) is 30.2 Å². The van der Waals surface area contributed by atoms with Gasteiger partial charge in [-0.1, -0.05) is 47.7 Å². The number of nitrogens with zero attached hydrogens (tertiary/aromatic N) is 6. The van der Waals surface area contributed by atoms with Crippen molar-refractivity contribution in [3.63, 3.8) is 0 Å². The SMILES string of the molecule is Cc1ccccc1CC(=O)N1CCO[C@@H](Cn2nnc3c(Nc4ccccc4)ncnc32)C1. The lowest BCUT2D eigenvalue weighted by molar-refractivity contribution is -0.138. The van der Waals surface area contributed by atoms with E-state index in [-0.39, 0.29) is 12.0 Å². The molecule has 1 saturated heterocycles. The number of anilines is 2. The van der Waals surface area contributed by atoms with E-state index in [2.05, 4.69) is 25.6 Å². The zero-order valence-electron chi connectivity index (χ0n) is 18.4. The third kappa shape index (κ3) is 4.68. The van der Waals surface area contributed by atoms with Crippen LogP contribution in [0.3, 0.4) is 0 Å². The summed E-state index contributed by atoms with van der Waals surface area (Å²) in [6.45, 7) is 4.07. The molecule has 0 radical (unpaired) electrons. The van der Waals surface area contributed by atoms with Gasteiger partial charge in [0.1, 0.15) is 6.33 Å². The summed E-state index contributed by atoms with van der Waals surface area (Å²) in [5.74, 6) is 0.703. The number of nitrogens with one attached hydrogen (secondary N) is 1. The van der Waals surface area contributed by atoms with Crippen molar-refractivity contribution >= 4 is 28.6 Å². The summed E-state index contributed by atoms with van der Waals surface area (Å²) in [4.78, 5) is 23.5. The smallest absolute Gasteiger partial charge is 0.227 e. The van der Waals surface area contributed by atoms with Crippen molar-refractivity contribution in [3.8, 4) is 0 Å². The van der Waals surface area contributed by atoms with Gasteiger partial charge in [-0.3, -0.25) is 4.79 Å². The number of carbonyl (C=O) groups excluding carboxylic acids is 1. The summed E-state index contributed by atoms with van der Waals surface area (Å²) in [5.41, 5.74) is 4.30. The Bertz CT molecular complexity index is 1260. The molecule has 1 N–H and O–H groups in total. The van der Waals surface area contributed by atoms with Crippen LogP contribution < -0.4 is 5.32 Å². The Kier molecular flexibility index (Phi) is 5.95. The van der Waals surface area contributed by atoms with Crippen molar-refractivity contribution < 1.29 is 9.53 Å². The van der Waals surface area contributed by atoms with Gasteiger partial charge in [-0.2, -0.15) is 0 Å². The lowest BCUT2D eigenvalue weighted by Crippen LogP contribution is -2.47. The van der Waals surface area contributed by atoms with Crippen LogP contribution in [0.2, 0.25) is 0 Å².